The number of carbonyl (C=O) groups is 3. The molecule has 158 valence electrons. The maximum Gasteiger partial charge on any atom is 0.253 e. The first kappa shape index (κ1) is 21.3. The molecule has 0 spiro atoms. The molecule has 1 aliphatic rings. The molecular formula is C22H26N4O4. The summed E-state index contributed by atoms with van der Waals surface area (Å²) in [7, 11) is 3.23. The van der Waals surface area contributed by atoms with Crippen LogP contribution >= 0.6 is 0 Å². The highest BCUT2D eigenvalue weighted by molar-refractivity contribution is 6.04. The Bertz CT molecular complexity index is 927. The molecule has 0 saturated heterocycles. The Kier molecular flexibility index (Phi) is 7.03. The third kappa shape index (κ3) is 6.31. The maximum atomic E-state index is 12.4. The molecule has 1 saturated carbocycles. The van der Waals surface area contributed by atoms with E-state index in [0.29, 0.717) is 22.7 Å². The van der Waals surface area contributed by atoms with Crippen LogP contribution in [0.4, 0.5) is 11.4 Å². The van der Waals surface area contributed by atoms with Gasteiger partial charge in [-0.1, -0.05) is 18.2 Å². The SMILES string of the molecule is COc1cccc(NC(=O)CN(C)CC(=O)Nc2ccccc2C(=O)NC2CC2)c1. The summed E-state index contributed by atoms with van der Waals surface area (Å²) in [6.07, 6.45) is 1.98. The third-order valence-electron chi connectivity index (χ3n) is 4.54. The second-order valence-electron chi connectivity index (χ2n) is 7.29. The summed E-state index contributed by atoms with van der Waals surface area (Å²) in [6.45, 7) is 0.0402. The Hall–Kier alpha value is -3.39. The highest BCUT2D eigenvalue weighted by Gasteiger charge is 2.25. The van der Waals surface area contributed by atoms with E-state index in [1.807, 2.05) is 0 Å². The fourth-order valence-corrected chi connectivity index (χ4v) is 2.92. The van der Waals surface area contributed by atoms with E-state index >= 15 is 0 Å². The summed E-state index contributed by atoms with van der Waals surface area (Å²) < 4.78 is 5.13. The van der Waals surface area contributed by atoms with Crippen LogP contribution in [0.25, 0.3) is 0 Å². The first-order valence-electron chi connectivity index (χ1n) is 9.77. The molecule has 0 unspecified atom stereocenters. The van der Waals surface area contributed by atoms with Crippen LogP contribution in [0.5, 0.6) is 5.75 Å². The smallest absolute Gasteiger partial charge is 0.253 e. The fraction of sp³-hybridized carbons (Fsp3) is 0.318. The lowest BCUT2D eigenvalue weighted by Gasteiger charge is -2.17. The molecule has 0 aromatic heterocycles. The van der Waals surface area contributed by atoms with Crippen LogP contribution in [0.15, 0.2) is 48.5 Å². The number of carbonyl (C=O) groups excluding carboxylic acids is 3. The standard InChI is InChI=1S/C22H26N4O4/c1-26(13-20(27)23-16-6-5-7-17(12-16)30-2)14-21(28)25-19-9-4-3-8-18(19)22(29)24-15-10-11-15/h3-9,12,15H,10-11,13-14H2,1-2H3,(H,23,27)(H,24,29)(H,25,28). The maximum absolute atomic E-state index is 12.4. The molecule has 0 heterocycles. The molecule has 1 aliphatic carbocycles. The van der Waals surface area contributed by atoms with Gasteiger partial charge in [-0.25, -0.2) is 0 Å². The second kappa shape index (κ2) is 9.89. The first-order valence-corrected chi connectivity index (χ1v) is 9.77. The number of nitrogens with zero attached hydrogens (tertiary/aromatic N) is 1. The molecular weight excluding hydrogens is 384 g/mol. The Morgan fingerprint density at radius 3 is 2.40 bits per heavy atom. The molecule has 30 heavy (non-hydrogen) atoms. The Morgan fingerprint density at radius 1 is 1.00 bits per heavy atom. The van der Waals surface area contributed by atoms with E-state index in [0.717, 1.165) is 12.8 Å². The van der Waals surface area contributed by atoms with Gasteiger partial charge in [-0.2, -0.15) is 0 Å². The van der Waals surface area contributed by atoms with Crippen molar-refractivity contribution in [3.05, 3.63) is 54.1 Å². The van der Waals surface area contributed by atoms with E-state index < -0.39 is 0 Å². The lowest BCUT2D eigenvalue weighted by atomic mass is 10.1. The Balaban J connectivity index is 1.50. The third-order valence-corrected chi connectivity index (χ3v) is 4.54. The average molecular weight is 410 g/mol. The van der Waals surface area contributed by atoms with Crippen LogP contribution in [-0.4, -0.2) is 55.9 Å². The van der Waals surface area contributed by atoms with Gasteiger partial charge in [0.1, 0.15) is 5.75 Å². The van der Waals surface area contributed by atoms with Crippen molar-refractivity contribution >= 4 is 29.1 Å². The van der Waals surface area contributed by atoms with Crippen LogP contribution in [0.2, 0.25) is 0 Å². The number of nitrogens with one attached hydrogen (secondary N) is 3. The predicted octanol–water partition coefficient (Wildman–Crippen LogP) is 2.10. The van der Waals surface area contributed by atoms with Gasteiger partial charge >= 0.3 is 0 Å². The number of amides is 3. The number of anilines is 2. The largest absolute Gasteiger partial charge is 0.497 e. The molecule has 3 N–H and O–H groups in total. The number of benzene rings is 2. The summed E-state index contributed by atoms with van der Waals surface area (Å²) >= 11 is 0. The minimum absolute atomic E-state index is 0.00408. The molecule has 0 bridgehead atoms. The summed E-state index contributed by atoms with van der Waals surface area (Å²) in [4.78, 5) is 38.6. The minimum atomic E-state index is -0.307. The predicted molar refractivity (Wildman–Crippen MR) is 115 cm³/mol. The number of hydrogen-bond acceptors (Lipinski definition) is 5. The molecule has 2 aromatic rings. The van der Waals surface area contributed by atoms with Crippen LogP contribution < -0.4 is 20.7 Å². The summed E-state index contributed by atoms with van der Waals surface area (Å²) in [5.41, 5.74) is 1.50. The summed E-state index contributed by atoms with van der Waals surface area (Å²) in [6, 6.07) is 14.2. The van der Waals surface area contributed by atoms with Crippen molar-refractivity contribution in [2.45, 2.75) is 18.9 Å². The molecule has 2 aromatic carbocycles. The van der Waals surface area contributed by atoms with Crippen LogP contribution in [0, 0.1) is 0 Å². The van der Waals surface area contributed by atoms with Crippen molar-refractivity contribution in [2.24, 2.45) is 0 Å². The molecule has 0 aliphatic heterocycles. The highest BCUT2D eigenvalue weighted by atomic mass is 16.5. The molecule has 0 radical (unpaired) electrons. The van der Waals surface area contributed by atoms with Gasteiger partial charge in [0, 0.05) is 17.8 Å². The van der Waals surface area contributed by atoms with Crippen molar-refractivity contribution in [3.8, 4) is 5.75 Å². The van der Waals surface area contributed by atoms with Gasteiger partial charge in [0.05, 0.1) is 31.5 Å². The molecule has 0 atom stereocenters. The summed E-state index contributed by atoms with van der Waals surface area (Å²) in [5.74, 6) is -0.106. The fourth-order valence-electron chi connectivity index (χ4n) is 2.92. The van der Waals surface area contributed by atoms with E-state index in [4.69, 9.17) is 4.74 Å². The normalized spacial score (nSPS) is 12.9. The number of rotatable bonds is 9. The van der Waals surface area contributed by atoms with E-state index in [-0.39, 0.29) is 36.9 Å². The van der Waals surface area contributed by atoms with Crippen LogP contribution in [0.1, 0.15) is 23.2 Å². The zero-order valence-electron chi connectivity index (χ0n) is 17.1. The number of methoxy groups -OCH3 is 1. The van der Waals surface area contributed by atoms with Crippen LogP contribution in [-0.2, 0) is 9.59 Å². The molecule has 3 rings (SSSR count). The zero-order chi connectivity index (χ0) is 21.5. The number of ether oxygens (including phenoxy) is 1. The van der Waals surface area contributed by atoms with E-state index in [1.165, 1.54) is 0 Å². The lowest BCUT2D eigenvalue weighted by molar-refractivity contribution is -0.119. The van der Waals surface area contributed by atoms with Crippen molar-refractivity contribution < 1.29 is 19.1 Å². The van der Waals surface area contributed by atoms with Crippen molar-refractivity contribution in [1.29, 1.82) is 0 Å². The van der Waals surface area contributed by atoms with Gasteiger partial charge in [-0.3, -0.25) is 19.3 Å². The average Bonchev–Trinajstić information content (AvgIpc) is 3.52. The number of hydrogen-bond donors (Lipinski definition) is 3. The second-order valence-corrected chi connectivity index (χ2v) is 7.29. The molecule has 8 heteroatoms. The van der Waals surface area contributed by atoms with Gasteiger partial charge in [0.15, 0.2) is 0 Å². The van der Waals surface area contributed by atoms with Crippen molar-refractivity contribution in [1.82, 2.24) is 10.2 Å². The van der Waals surface area contributed by atoms with Gasteiger partial charge in [-0.15, -0.1) is 0 Å². The van der Waals surface area contributed by atoms with Gasteiger partial charge in [0.2, 0.25) is 11.8 Å². The van der Waals surface area contributed by atoms with Gasteiger partial charge in [0.25, 0.3) is 5.91 Å². The molecule has 8 nitrogen and oxygen atoms in total. The van der Waals surface area contributed by atoms with Gasteiger partial charge in [-0.05, 0) is 44.2 Å². The number of likely N-dealkylation sites (N-methyl/N-ethyl adjacent to an activating group) is 1. The summed E-state index contributed by atoms with van der Waals surface area (Å²) in [5, 5.41) is 8.46. The van der Waals surface area contributed by atoms with E-state index in [1.54, 1.807) is 67.6 Å². The topological polar surface area (TPSA) is 99.8 Å². The van der Waals surface area contributed by atoms with Crippen LogP contribution in [0.3, 0.4) is 0 Å². The zero-order valence-corrected chi connectivity index (χ0v) is 17.1. The van der Waals surface area contributed by atoms with E-state index in [9.17, 15) is 14.4 Å². The molecule has 3 amide bonds. The Labute approximate surface area is 175 Å². The molecule has 1 fully saturated rings. The van der Waals surface area contributed by atoms with Crippen molar-refractivity contribution in [3.63, 3.8) is 0 Å². The van der Waals surface area contributed by atoms with Crippen molar-refractivity contribution in [2.75, 3.05) is 37.9 Å². The minimum Gasteiger partial charge on any atom is -0.497 e. The number of para-hydroxylation sites is 1. The van der Waals surface area contributed by atoms with Gasteiger partial charge < -0.3 is 20.7 Å². The monoisotopic (exact) mass is 410 g/mol. The Morgan fingerprint density at radius 2 is 1.70 bits per heavy atom. The first-order chi connectivity index (χ1) is 14.4. The van der Waals surface area contributed by atoms with E-state index in [2.05, 4.69) is 16.0 Å². The highest BCUT2D eigenvalue weighted by Crippen LogP contribution is 2.21. The lowest BCUT2D eigenvalue weighted by Crippen LogP contribution is -2.36. The quantitative estimate of drug-likeness (QED) is 0.588.